The topological polar surface area (TPSA) is 79.0 Å². The van der Waals surface area contributed by atoms with Crippen molar-refractivity contribution in [2.24, 2.45) is 0 Å². The van der Waals surface area contributed by atoms with Crippen LogP contribution in [0, 0.1) is 0 Å². The van der Waals surface area contributed by atoms with Crippen LogP contribution in [0.25, 0.3) is 0 Å². The molecular weight excluding hydrogens is 385 g/mol. The number of nitrogens with zero attached hydrogens (tertiary/aromatic N) is 1. The van der Waals surface area contributed by atoms with Gasteiger partial charge in [-0.1, -0.05) is 0 Å². The Balaban J connectivity index is 1.47. The Hall–Kier alpha value is -3.49. The van der Waals surface area contributed by atoms with Gasteiger partial charge in [-0.2, -0.15) is 0 Å². The lowest BCUT2D eigenvalue weighted by Crippen LogP contribution is -2.24. The highest BCUT2D eigenvalue weighted by atomic mass is 19.4. The second-order valence-corrected chi connectivity index (χ2v) is 6.17. The number of nitrogens with one attached hydrogen (secondary N) is 3. The summed E-state index contributed by atoms with van der Waals surface area (Å²) in [6, 6.07) is 12.2. The monoisotopic (exact) mass is 404 g/mol. The van der Waals surface area contributed by atoms with Crippen LogP contribution in [0.2, 0.25) is 0 Å². The van der Waals surface area contributed by atoms with Crippen LogP contribution in [0.3, 0.4) is 0 Å². The van der Waals surface area contributed by atoms with E-state index in [9.17, 15) is 18.0 Å². The summed E-state index contributed by atoms with van der Waals surface area (Å²) >= 11 is 0. The summed E-state index contributed by atoms with van der Waals surface area (Å²) in [5, 5.41) is 5.90. The molecule has 0 aliphatic heterocycles. The molecule has 2 aromatic carbocycles. The van der Waals surface area contributed by atoms with Crippen molar-refractivity contribution in [3.05, 3.63) is 72.3 Å². The summed E-state index contributed by atoms with van der Waals surface area (Å²) < 4.78 is 40.4. The fourth-order valence-corrected chi connectivity index (χ4v) is 2.61. The Morgan fingerprint density at radius 1 is 1.03 bits per heavy atom. The summed E-state index contributed by atoms with van der Waals surface area (Å²) in [6.07, 6.45) is 0.252. The largest absolute Gasteiger partial charge is 0.573 e. The number of ether oxygens (including phenoxy) is 1. The molecule has 0 atom stereocenters. The molecule has 3 rings (SSSR count). The van der Waals surface area contributed by atoms with Gasteiger partial charge in [0.1, 0.15) is 11.6 Å². The molecule has 1 amide bonds. The van der Waals surface area contributed by atoms with E-state index in [4.69, 9.17) is 0 Å². The van der Waals surface area contributed by atoms with E-state index in [-0.39, 0.29) is 11.7 Å². The van der Waals surface area contributed by atoms with E-state index in [1.807, 2.05) is 0 Å². The molecule has 0 radical (unpaired) electrons. The van der Waals surface area contributed by atoms with Crippen molar-refractivity contribution in [2.75, 3.05) is 11.9 Å². The van der Waals surface area contributed by atoms with Gasteiger partial charge in [0.25, 0.3) is 5.91 Å². The molecule has 3 aromatic rings. The minimum absolute atomic E-state index is 0.176. The minimum Gasteiger partial charge on any atom is -0.406 e. The molecule has 0 aliphatic rings. The van der Waals surface area contributed by atoms with Crippen molar-refractivity contribution in [2.45, 2.75) is 19.2 Å². The zero-order valence-electron chi connectivity index (χ0n) is 15.3. The van der Waals surface area contributed by atoms with Crippen molar-refractivity contribution >= 4 is 17.3 Å². The second kappa shape index (κ2) is 9.13. The van der Waals surface area contributed by atoms with Gasteiger partial charge in [-0.15, -0.1) is 13.2 Å². The van der Waals surface area contributed by atoms with Gasteiger partial charge in [-0.25, -0.2) is 4.98 Å². The first-order valence-electron chi connectivity index (χ1n) is 8.88. The molecule has 0 saturated heterocycles. The maximum Gasteiger partial charge on any atom is 0.573 e. The predicted octanol–water partition coefficient (Wildman–Crippen LogP) is 4.41. The molecule has 0 spiro atoms. The van der Waals surface area contributed by atoms with Gasteiger partial charge in [0.05, 0.1) is 0 Å². The normalized spacial score (nSPS) is 11.1. The van der Waals surface area contributed by atoms with E-state index in [1.165, 1.54) is 24.3 Å². The highest BCUT2D eigenvalue weighted by Gasteiger charge is 2.30. The summed E-state index contributed by atoms with van der Waals surface area (Å²) in [6.45, 7) is 0.534. The number of rotatable bonds is 8. The predicted molar refractivity (Wildman–Crippen MR) is 102 cm³/mol. The Kier molecular flexibility index (Phi) is 6.38. The highest BCUT2D eigenvalue weighted by Crippen LogP contribution is 2.25. The quantitative estimate of drug-likeness (QED) is 0.486. The Morgan fingerprint density at radius 3 is 2.28 bits per heavy atom. The molecule has 152 valence electrons. The molecule has 0 saturated carbocycles. The van der Waals surface area contributed by atoms with Crippen LogP contribution < -0.4 is 15.4 Å². The second-order valence-electron chi connectivity index (χ2n) is 6.17. The molecule has 1 heterocycles. The Labute approximate surface area is 165 Å². The molecule has 3 N–H and O–H groups in total. The summed E-state index contributed by atoms with van der Waals surface area (Å²) in [4.78, 5) is 19.3. The van der Waals surface area contributed by atoms with E-state index in [2.05, 4.69) is 25.3 Å². The number of H-pyrrole nitrogens is 1. The zero-order chi connectivity index (χ0) is 20.7. The van der Waals surface area contributed by atoms with E-state index < -0.39 is 6.36 Å². The van der Waals surface area contributed by atoms with Crippen LogP contribution in [0.5, 0.6) is 5.75 Å². The van der Waals surface area contributed by atoms with Crippen LogP contribution in [0.1, 0.15) is 22.6 Å². The number of anilines is 2. The van der Waals surface area contributed by atoms with Gasteiger partial charge < -0.3 is 20.4 Å². The number of aromatic nitrogens is 2. The first kappa shape index (κ1) is 20.2. The average molecular weight is 404 g/mol. The standard InChI is InChI=1S/C20H19F3N4O2/c21-20(22,23)29-17-9-7-16(8-10-17)27-15-5-3-14(4-6-15)19(28)26-11-1-2-18-24-12-13-25-18/h3-10,12-13,27H,1-2,11H2,(H,24,25)(H,26,28). The maximum atomic E-state index is 12.2. The average Bonchev–Trinajstić information content (AvgIpc) is 3.20. The van der Waals surface area contributed by atoms with Gasteiger partial charge >= 0.3 is 6.36 Å². The van der Waals surface area contributed by atoms with Crippen molar-refractivity contribution in [3.63, 3.8) is 0 Å². The molecule has 6 nitrogen and oxygen atoms in total. The Morgan fingerprint density at radius 2 is 1.69 bits per heavy atom. The highest BCUT2D eigenvalue weighted by molar-refractivity contribution is 5.94. The summed E-state index contributed by atoms with van der Waals surface area (Å²) in [5.74, 6) is 0.416. The van der Waals surface area contributed by atoms with Crippen LogP contribution >= 0.6 is 0 Å². The smallest absolute Gasteiger partial charge is 0.406 e. The number of carbonyl (C=O) groups excluding carboxylic acids is 1. The van der Waals surface area contributed by atoms with E-state index in [1.54, 1.807) is 36.7 Å². The van der Waals surface area contributed by atoms with Gasteiger partial charge in [0.15, 0.2) is 0 Å². The van der Waals surface area contributed by atoms with Gasteiger partial charge in [0.2, 0.25) is 0 Å². The zero-order valence-corrected chi connectivity index (χ0v) is 15.3. The fraction of sp³-hybridized carbons (Fsp3) is 0.200. The number of alkyl halides is 3. The summed E-state index contributed by atoms with van der Waals surface area (Å²) in [7, 11) is 0. The van der Waals surface area contributed by atoms with Gasteiger partial charge in [0, 0.05) is 42.3 Å². The van der Waals surface area contributed by atoms with Crippen LogP contribution in [0.4, 0.5) is 24.5 Å². The number of aromatic amines is 1. The van der Waals surface area contributed by atoms with Crippen LogP contribution in [-0.2, 0) is 6.42 Å². The molecule has 9 heteroatoms. The third-order valence-electron chi connectivity index (χ3n) is 3.95. The van der Waals surface area contributed by atoms with E-state index >= 15 is 0 Å². The van der Waals surface area contributed by atoms with Crippen LogP contribution in [-0.4, -0.2) is 28.8 Å². The van der Waals surface area contributed by atoms with Crippen molar-refractivity contribution < 1.29 is 22.7 Å². The number of imidazole rings is 1. The SMILES string of the molecule is O=C(NCCCc1ncc[nH]1)c1ccc(Nc2ccc(OC(F)(F)F)cc2)cc1. The van der Waals surface area contributed by atoms with Gasteiger partial charge in [-0.05, 0) is 55.0 Å². The molecule has 29 heavy (non-hydrogen) atoms. The number of carbonyl (C=O) groups is 1. The van der Waals surface area contributed by atoms with E-state index in [0.29, 0.717) is 23.5 Å². The molecule has 1 aromatic heterocycles. The third-order valence-corrected chi connectivity index (χ3v) is 3.95. The lowest BCUT2D eigenvalue weighted by atomic mass is 10.2. The van der Waals surface area contributed by atoms with Crippen molar-refractivity contribution in [3.8, 4) is 5.75 Å². The number of hydrogen-bond donors (Lipinski definition) is 3. The first-order valence-corrected chi connectivity index (χ1v) is 8.88. The number of amides is 1. The molecule has 0 bridgehead atoms. The molecule has 0 fully saturated rings. The molecule has 0 aliphatic carbocycles. The lowest BCUT2D eigenvalue weighted by molar-refractivity contribution is -0.274. The van der Waals surface area contributed by atoms with Crippen molar-refractivity contribution in [1.82, 2.24) is 15.3 Å². The van der Waals surface area contributed by atoms with Crippen molar-refractivity contribution in [1.29, 1.82) is 0 Å². The summed E-state index contributed by atoms with van der Waals surface area (Å²) in [5.41, 5.74) is 1.81. The fourth-order valence-electron chi connectivity index (χ4n) is 2.61. The number of hydrogen-bond acceptors (Lipinski definition) is 4. The lowest BCUT2D eigenvalue weighted by Gasteiger charge is -2.11. The van der Waals surface area contributed by atoms with E-state index in [0.717, 1.165) is 18.7 Å². The third kappa shape index (κ3) is 6.56. The number of benzene rings is 2. The molecular formula is C20H19F3N4O2. The Bertz CT molecular complexity index is 908. The minimum atomic E-state index is -4.72. The molecule has 0 unspecified atom stereocenters. The first-order chi connectivity index (χ1) is 13.9. The number of aryl methyl sites for hydroxylation is 1. The number of halogens is 3. The maximum absolute atomic E-state index is 12.2. The van der Waals surface area contributed by atoms with Gasteiger partial charge in [-0.3, -0.25) is 4.79 Å². The van der Waals surface area contributed by atoms with Crippen LogP contribution in [0.15, 0.2) is 60.9 Å².